The van der Waals surface area contributed by atoms with Crippen molar-refractivity contribution in [1.29, 1.82) is 0 Å². The largest absolute Gasteiger partial charge is 0.327 e. The van der Waals surface area contributed by atoms with Crippen molar-refractivity contribution < 1.29 is 0 Å². The highest BCUT2D eigenvalue weighted by Gasteiger charge is 2.07. The Balaban J connectivity index is 2.14. The minimum absolute atomic E-state index is 0.489. The predicted molar refractivity (Wildman–Crippen MR) is 79.2 cm³/mol. The number of nitrogens with zero attached hydrogens (tertiary/aromatic N) is 2. The summed E-state index contributed by atoms with van der Waals surface area (Å²) < 4.78 is 2.28. The van der Waals surface area contributed by atoms with Gasteiger partial charge in [0.1, 0.15) is 5.82 Å². The van der Waals surface area contributed by atoms with Gasteiger partial charge >= 0.3 is 0 Å². The second kappa shape index (κ2) is 6.02. The fourth-order valence-corrected chi connectivity index (χ4v) is 2.06. The average Bonchev–Trinajstić information content (AvgIpc) is 2.71. The molecule has 0 radical (unpaired) electrons. The van der Waals surface area contributed by atoms with Gasteiger partial charge in [0.15, 0.2) is 0 Å². The van der Waals surface area contributed by atoms with Crippen LogP contribution in [0.15, 0.2) is 30.5 Å². The molecule has 0 aliphatic rings. The molecule has 0 atom stereocenters. The van der Waals surface area contributed by atoms with Gasteiger partial charge in [-0.2, -0.15) is 0 Å². The lowest BCUT2D eigenvalue weighted by Gasteiger charge is -2.13. The second-order valence-corrected chi connectivity index (χ2v) is 5.40. The lowest BCUT2D eigenvalue weighted by Crippen LogP contribution is -2.23. The molecule has 1 heterocycles. The van der Waals surface area contributed by atoms with Crippen LogP contribution in [0.4, 0.5) is 0 Å². The molecule has 0 fully saturated rings. The second-order valence-electron chi connectivity index (χ2n) is 5.40. The minimum atomic E-state index is 0.489. The van der Waals surface area contributed by atoms with Crippen molar-refractivity contribution in [2.24, 2.45) is 0 Å². The number of nitrogens with one attached hydrogen (secondary N) is 1. The molecule has 0 bridgehead atoms. The Morgan fingerprint density at radius 1 is 1.16 bits per heavy atom. The zero-order valence-corrected chi connectivity index (χ0v) is 12.3. The normalized spacial score (nSPS) is 11.2. The highest BCUT2D eigenvalue weighted by atomic mass is 15.1. The van der Waals surface area contributed by atoms with Crippen molar-refractivity contribution in [2.75, 3.05) is 0 Å². The first-order valence-corrected chi connectivity index (χ1v) is 6.86. The van der Waals surface area contributed by atoms with E-state index in [4.69, 9.17) is 0 Å². The minimum Gasteiger partial charge on any atom is -0.327 e. The van der Waals surface area contributed by atoms with Crippen LogP contribution in [0.3, 0.4) is 0 Å². The molecule has 102 valence electrons. The van der Waals surface area contributed by atoms with Gasteiger partial charge in [-0.25, -0.2) is 4.98 Å². The summed E-state index contributed by atoms with van der Waals surface area (Å²) >= 11 is 0. The zero-order chi connectivity index (χ0) is 13.8. The Hall–Kier alpha value is -1.61. The lowest BCUT2D eigenvalue weighted by molar-refractivity contribution is 0.562. The van der Waals surface area contributed by atoms with E-state index in [1.807, 2.05) is 6.20 Å². The molecule has 19 heavy (non-hydrogen) atoms. The number of hydrogen-bond donors (Lipinski definition) is 1. The molecular formula is C16H23N3. The summed E-state index contributed by atoms with van der Waals surface area (Å²) in [6.45, 7) is 10.3. The van der Waals surface area contributed by atoms with Gasteiger partial charge in [0.2, 0.25) is 0 Å². The molecule has 2 aromatic rings. The number of rotatable bonds is 5. The highest BCUT2D eigenvalue weighted by Crippen LogP contribution is 2.11. The van der Waals surface area contributed by atoms with Crippen LogP contribution < -0.4 is 5.32 Å². The summed E-state index contributed by atoms with van der Waals surface area (Å²) in [5.74, 6) is 1.07. The van der Waals surface area contributed by atoms with Crippen molar-refractivity contribution in [3.8, 4) is 0 Å². The number of aryl methyl sites for hydroxylation is 2. The number of aromatic nitrogens is 2. The third-order valence-corrected chi connectivity index (χ3v) is 3.29. The Kier molecular flexibility index (Phi) is 4.38. The van der Waals surface area contributed by atoms with Crippen LogP contribution in [0.25, 0.3) is 0 Å². The van der Waals surface area contributed by atoms with E-state index in [0.717, 1.165) is 18.9 Å². The van der Waals surface area contributed by atoms with E-state index in [9.17, 15) is 0 Å². The van der Waals surface area contributed by atoms with Crippen molar-refractivity contribution in [3.05, 3.63) is 53.1 Å². The van der Waals surface area contributed by atoms with Gasteiger partial charge in [-0.15, -0.1) is 0 Å². The van der Waals surface area contributed by atoms with Gasteiger partial charge in [0.05, 0.1) is 5.69 Å². The molecule has 3 heteroatoms. The van der Waals surface area contributed by atoms with E-state index >= 15 is 0 Å². The number of hydrogen-bond acceptors (Lipinski definition) is 2. The first kappa shape index (κ1) is 13.8. The summed E-state index contributed by atoms with van der Waals surface area (Å²) in [6.07, 6.45) is 1.97. The Morgan fingerprint density at radius 3 is 2.47 bits per heavy atom. The van der Waals surface area contributed by atoms with Gasteiger partial charge in [-0.05, 0) is 19.4 Å². The molecule has 0 saturated carbocycles. The predicted octanol–water partition coefficient (Wildman–Crippen LogP) is 3.05. The van der Waals surface area contributed by atoms with Crippen LogP contribution in [0.1, 0.15) is 36.5 Å². The summed E-state index contributed by atoms with van der Waals surface area (Å²) in [7, 11) is 0. The van der Waals surface area contributed by atoms with Crippen LogP contribution >= 0.6 is 0 Å². The Morgan fingerprint density at radius 2 is 1.84 bits per heavy atom. The molecule has 0 unspecified atom stereocenters. The van der Waals surface area contributed by atoms with Gasteiger partial charge in [0, 0.05) is 25.3 Å². The molecule has 2 rings (SSSR count). The Bertz CT molecular complexity index is 523. The van der Waals surface area contributed by atoms with Crippen LogP contribution in [-0.2, 0) is 13.1 Å². The van der Waals surface area contributed by atoms with E-state index < -0.39 is 0 Å². The van der Waals surface area contributed by atoms with Crippen LogP contribution in [0.2, 0.25) is 0 Å². The van der Waals surface area contributed by atoms with E-state index in [0.29, 0.717) is 6.04 Å². The SMILES string of the molecule is Cc1ccc(Cn2c(CNC(C)C)cnc2C)cc1. The molecule has 0 spiro atoms. The van der Waals surface area contributed by atoms with Gasteiger partial charge in [-0.1, -0.05) is 43.7 Å². The molecule has 3 nitrogen and oxygen atoms in total. The smallest absolute Gasteiger partial charge is 0.106 e. The lowest BCUT2D eigenvalue weighted by atomic mass is 10.1. The maximum absolute atomic E-state index is 4.43. The van der Waals surface area contributed by atoms with Gasteiger partial charge in [-0.3, -0.25) is 0 Å². The molecule has 1 N–H and O–H groups in total. The van der Waals surface area contributed by atoms with Crippen molar-refractivity contribution >= 4 is 0 Å². The monoisotopic (exact) mass is 257 g/mol. The third kappa shape index (κ3) is 3.67. The fourth-order valence-electron chi connectivity index (χ4n) is 2.06. The van der Waals surface area contributed by atoms with E-state index in [1.165, 1.54) is 16.8 Å². The van der Waals surface area contributed by atoms with Gasteiger partial charge in [0.25, 0.3) is 0 Å². The van der Waals surface area contributed by atoms with E-state index in [2.05, 4.69) is 66.8 Å². The zero-order valence-electron chi connectivity index (χ0n) is 12.3. The standard InChI is InChI=1S/C16H23N3/c1-12(2)17-9-16-10-18-14(4)19(16)11-15-7-5-13(3)6-8-15/h5-8,10,12,17H,9,11H2,1-4H3. The first-order valence-electron chi connectivity index (χ1n) is 6.86. The Labute approximate surface area is 115 Å². The summed E-state index contributed by atoms with van der Waals surface area (Å²) in [5.41, 5.74) is 3.86. The van der Waals surface area contributed by atoms with Gasteiger partial charge < -0.3 is 9.88 Å². The first-order chi connectivity index (χ1) is 9.06. The van der Waals surface area contributed by atoms with E-state index in [1.54, 1.807) is 0 Å². The van der Waals surface area contributed by atoms with Crippen molar-refractivity contribution in [1.82, 2.24) is 14.9 Å². The van der Waals surface area contributed by atoms with E-state index in [-0.39, 0.29) is 0 Å². The van der Waals surface area contributed by atoms with Crippen LogP contribution in [-0.4, -0.2) is 15.6 Å². The molecular weight excluding hydrogens is 234 g/mol. The van der Waals surface area contributed by atoms with Crippen LogP contribution in [0.5, 0.6) is 0 Å². The summed E-state index contributed by atoms with van der Waals surface area (Å²) in [5, 5.41) is 3.45. The maximum Gasteiger partial charge on any atom is 0.106 e. The third-order valence-electron chi connectivity index (χ3n) is 3.29. The molecule has 1 aromatic carbocycles. The molecule has 0 saturated heterocycles. The maximum atomic E-state index is 4.43. The summed E-state index contributed by atoms with van der Waals surface area (Å²) in [4.78, 5) is 4.43. The molecule has 0 aliphatic carbocycles. The number of imidazole rings is 1. The molecule has 0 aliphatic heterocycles. The van der Waals surface area contributed by atoms with Crippen LogP contribution in [0, 0.1) is 13.8 Å². The molecule has 1 aromatic heterocycles. The quantitative estimate of drug-likeness (QED) is 0.892. The van der Waals surface area contributed by atoms with Crippen molar-refractivity contribution in [2.45, 2.75) is 46.8 Å². The fraction of sp³-hybridized carbons (Fsp3) is 0.438. The molecule has 0 amide bonds. The highest BCUT2D eigenvalue weighted by molar-refractivity contribution is 5.22. The van der Waals surface area contributed by atoms with Crippen molar-refractivity contribution in [3.63, 3.8) is 0 Å². The number of benzene rings is 1. The average molecular weight is 257 g/mol. The topological polar surface area (TPSA) is 29.9 Å². The summed E-state index contributed by atoms with van der Waals surface area (Å²) in [6, 6.07) is 9.19.